The van der Waals surface area contributed by atoms with Gasteiger partial charge in [0.2, 0.25) is 5.91 Å². The van der Waals surface area contributed by atoms with E-state index in [1.807, 2.05) is 30.3 Å². The Morgan fingerprint density at radius 2 is 1.86 bits per heavy atom. The molecule has 3 rings (SSSR count). The molecule has 0 saturated carbocycles. The maximum atomic E-state index is 12.8. The van der Waals surface area contributed by atoms with Crippen LogP contribution in [0.3, 0.4) is 0 Å². The van der Waals surface area contributed by atoms with E-state index in [2.05, 4.69) is 43.1 Å². The van der Waals surface area contributed by atoms with Gasteiger partial charge in [-0.3, -0.25) is 9.69 Å². The van der Waals surface area contributed by atoms with Crippen molar-refractivity contribution in [3.05, 3.63) is 36.0 Å². The van der Waals surface area contributed by atoms with Gasteiger partial charge in [-0.25, -0.2) is 0 Å². The topological polar surface area (TPSA) is 67.6 Å². The maximum Gasteiger partial charge on any atom is 0.237 e. The average Bonchev–Trinajstić information content (AvgIpc) is 3.12. The molecule has 0 bridgehead atoms. The van der Waals surface area contributed by atoms with Crippen LogP contribution in [-0.2, 0) is 11.3 Å². The van der Waals surface area contributed by atoms with E-state index < -0.39 is 0 Å². The SMILES string of the molecule is COc1ccc(-c2cc(CN3CC(CC(C)C)NC(=O)C3CC(C)C)no2)cc1. The van der Waals surface area contributed by atoms with Gasteiger partial charge in [-0.05, 0) is 48.9 Å². The molecule has 1 aromatic carbocycles. The van der Waals surface area contributed by atoms with E-state index in [9.17, 15) is 4.79 Å². The molecule has 1 aliphatic rings. The fraction of sp³-hybridized carbons (Fsp3) is 0.565. The van der Waals surface area contributed by atoms with Crippen LogP contribution < -0.4 is 10.1 Å². The van der Waals surface area contributed by atoms with Crippen molar-refractivity contribution < 1.29 is 14.1 Å². The number of aromatic nitrogens is 1. The van der Waals surface area contributed by atoms with Gasteiger partial charge in [0.15, 0.2) is 5.76 Å². The predicted octanol–water partition coefficient (Wildman–Crippen LogP) is 4.11. The molecule has 1 saturated heterocycles. The van der Waals surface area contributed by atoms with Crippen LogP contribution in [-0.4, -0.2) is 41.7 Å². The van der Waals surface area contributed by atoms with E-state index in [-0.39, 0.29) is 18.0 Å². The van der Waals surface area contributed by atoms with Crippen LogP contribution in [0.4, 0.5) is 0 Å². The quantitative estimate of drug-likeness (QED) is 0.723. The Balaban J connectivity index is 1.75. The fourth-order valence-corrected chi connectivity index (χ4v) is 3.98. The molecule has 1 aromatic heterocycles. The number of nitrogens with zero attached hydrogens (tertiary/aromatic N) is 2. The predicted molar refractivity (Wildman–Crippen MR) is 114 cm³/mol. The van der Waals surface area contributed by atoms with E-state index in [1.165, 1.54) is 0 Å². The number of benzene rings is 1. The van der Waals surface area contributed by atoms with Gasteiger partial charge in [0.1, 0.15) is 5.75 Å². The highest BCUT2D eigenvalue weighted by Crippen LogP contribution is 2.25. The Morgan fingerprint density at radius 1 is 1.17 bits per heavy atom. The summed E-state index contributed by atoms with van der Waals surface area (Å²) in [5, 5.41) is 7.50. The lowest BCUT2D eigenvalue weighted by Gasteiger charge is -2.40. The van der Waals surface area contributed by atoms with Crippen LogP contribution in [0.2, 0.25) is 0 Å². The largest absolute Gasteiger partial charge is 0.497 e. The van der Waals surface area contributed by atoms with Crippen molar-refractivity contribution >= 4 is 5.91 Å². The van der Waals surface area contributed by atoms with Crippen molar-refractivity contribution in [2.45, 2.75) is 59.2 Å². The second kappa shape index (κ2) is 9.44. The van der Waals surface area contributed by atoms with Crippen LogP contribution in [0.5, 0.6) is 5.75 Å². The lowest BCUT2D eigenvalue weighted by molar-refractivity contribution is -0.132. The molecule has 6 nitrogen and oxygen atoms in total. The van der Waals surface area contributed by atoms with E-state index in [0.29, 0.717) is 18.4 Å². The van der Waals surface area contributed by atoms with Crippen LogP contribution in [0.1, 0.15) is 46.2 Å². The minimum atomic E-state index is -0.125. The van der Waals surface area contributed by atoms with Gasteiger partial charge in [0.25, 0.3) is 0 Å². The molecular weight excluding hydrogens is 366 g/mol. The van der Waals surface area contributed by atoms with Gasteiger partial charge in [-0.1, -0.05) is 32.9 Å². The molecule has 0 spiro atoms. The summed E-state index contributed by atoms with van der Waals surface area (Å²) < 4.78 is 10.8. The van der Waals surface area contributed by atoms with Crippen molar-refractivity contribution in [2.75, 3.05) is 13.7 Å². The lowest BCUT2D eigenvalue weighted by Crippen LogP contribution is -2.60. The van der Waals surface area contributed by atoms with Crippen molar-refractivity contribution in [1.82, 2.24) is 15.4 Å². The van der Waals surface area contributed by atoms with Crippen molar-refractivity contribution in [3.63, 3.8) is 0 Å². The number of methoxy groups -OCH3 is 1. The molecule has 0 radical (unpaired) electrons. The Morgan fingerprint density at radius 3 is 2.48 bits per heavy atom. The number of carbonyl (C=O) groups excluding carboxylic acids is 1. The molecule has 1 N–H and O–H groups in total. The number of ether oxygens (including phenoxy) is 1. The third kappa shape index (κ3) is 5.60. The minimum Gasteiger partial charge on any atom is -0.497 e. The summed E-state index contributed by atoms with van der Waals surface area (Å²) in [5.41, 5.74) is 1.81. The fourth-order valence-electron chi connectivity index (χ4n) is 3.98. The molecule has 2 heterocycles. The molecule has 1 fully saturated rings. The maximum absolute atomic E-state index is 12.8. The first-order chi connectivity index (χ1) is 13.9. The molecule has 158 valence electrons. The summed E-state index contributed by atoms with van der Waals surface area (Å²) in [5.74, 6) is 2.65. The third-order valence-electron chi connectivity index (χ3n) is 5.29. The molecule has 2 unspecified atom stereocenters. The summed E-state index contributed by atoms with van der Waals surface area (Å²) in [7, 11) is 1.65. The van der Waals surface area contributed by atoms with Crippen molar-refractivity contribution in [2.24, 2.45) is 11.8 Å². The van der Waals surface area contributed by atoms with Gasteiger partial charge in [0.05, 0.1) is 18.8 Å². The van der Waals surface area contributed by atoms with Gasteiger partial charge < -0.3 is 14.6 Å². The highest BCUT2D eigenvalue weighted by atomic mass is 16.5. The number of amides is 1. The van der Waals surface area contributed by atoms with E-state index in [4.69, 9.17) is 9.26 Å². The second-order valence-corrected chi connectivity index (χ2v) is 8.82. The summed E-state index contributed by atoms with van der Waals surface area (Å²) >= 11 is 0. The van der Waals surface area contributed by atoms with Gasteiger partial charge in [-0.2, -0.15) is 0 Å². The molecular formula is C23H33N3O3. The Bertz CT molecular complexity index is 798. The average molecular weight is 400 g/mol. The zero-order valence-corrected chi connectivity index (χ0v) is 18.1. The Kier molecular flexibility index (Phi) is 6.96. The molecule has 2 aromatic rings. The first kappa shape index (κ1) is 21.4. The van der Waals surface area contributed by atoms with Crippen LogP contribution >= 0.6 is 0 Å². The Labute approximate surface area is 173 Å². The first-order valence-electron chi connectivity index (χ1n) is 10.5. The van der Waals surface area contributed by atoms with Gasteiger partial charge in [0, 0.05) is 30.8 Å². The van der Waals surface area contributed by atoms with E-state index in [1.54, 1.807) is 7.11 Å². The number of piperazine rings is 1. The second-order valence-electron chi connectivity index (χ2n) is 8.82. The van der Waals surface area contributed by atoms with Gasteiger partial charge in [-0.15, -0.1) is 0 Å². The number of carbonyl (C=O) groups is 1. The zero-order valence-electron chi connectivity index (χ0n) is 18.1. The van der Waals surface area contributed by atoms with Crippen molar-refractivity contribution in [1.29, 1.82) is 0 Å². The van der Waals surface area contributed by atoms with Crippen LogP contribution in [0.25, 0.3) is 11.3 Å². The summed E-state index contributed by atoms with van der Waals surface area (Å²) in [6, 6.07) is 9.75. The highest BCUT2D eigenvalue weighted by Gasteiger charge is 2.35. The van der Waals surface area contributed by atoms with Crippen LogP contribution in [0.15, 0.2) is 34.9 Å². The van der Waals surface area contributed by atoms with Crippen LogP contribution in [0, 0.1) is 11.8 Å². The Hall–Kier alpha value is -2.34. The van der Waals surface area contributed by atoms with Gasteiger partial charge >= 0.3 is 0 Å². The molecule has 29 heavy (non-hydrogen) atoms. The molecule has 1 aliphatic heterocycles. The van der Waals surface area contributed by atoms with E-state index in [0.717, 1.165) is 42.2 Å². The monoisotopic (exact) mass is 399 g/mol. The summed E-state index contributed by atoms with van der Waals surface area (Å²) in [6.07, 6.45) is 1.82. The minimum absolute atomic E-state index is 0.125. The molecule has 0 aliphatic carbocycles. The third-order valence-corrected chi connectivity index (χ3v) is 5.29. The summed E-state index contributed by atoms with van der Waals surface area (Å²) in [4.78, 5) is 15.1. The zero-order chi connectivity index (χ0) is 21.0. The van der Waals surface area contributed by atoms with E-state index >= 15 is 0 Å². The number of nitrogens with one attached hydrogen (secondary N) is 1. The number of hydrogen-bond donors (Lipinski definition) is 1. The highest BCUT2D eigenvalue weighted by molar-refractivity contribution is 5.82. The first-order valence-corrected chi connectivity index (χ1v) is 10.5. The normalized spacial score (nSPS) is 20.3. The standard InChI is InChI=1S/C23H33N3O3/c1-15(2)10-18-13-26(21(11-16(3)4)23(27)24-18)14-19-12-22(29-25-19)17-6-8-20(28-5)9-7-17/h6-9,12,15-16,18,21H,10-11,13-14H2,1-5H3,(H,24,27). The lowest BCUT2D eigenvalue weighted by atomic mass is 9.95. The number of rotatable bonds is 8. The molecule has 1 amide bonds. The molecule has 2 atom stereocenters. The van der Waals surface area contributed by atoms with Crippen molar-refractivity contribution in [3.8, 4) is 17.1 Å². The number of hydrogen-bond acceptors (Lipinski definition) is 5. The summed E-state index contributed by atoms with van der Waals surface area (Å²) in [6.45, 7) is 10.1. The smallest absolute Gasteiger partial charge is 0.237 e. The molecule has 6 heteroatoms.